The lowest BCUT2D eigenvalue weighted by molar-refractivity contribution is -0.121. The van der Waals surface area contributed by atoms with E-state index >= 15 is 0 Å². The SMILES string of the molecule is CC(C)[C@@H](NCC(=O)NNC(=O)c1ccccc1)c1ccc(C(C)(C)C)cc1. The maximum Gasteiger partial charge on any atom is 0.269 e. The van der Waals surface area contributed by atoms with E-state index in [1.165, 1.54) is 5.56 Å². The summed E-state index contributed by atoms with van der Waals surface area (Å²) in [7, 11) is 0. The van der Waals surface area contributed by atoms with Crippen LogP contribution < -0.4 is 16.2 Å². The van der Waals surface area contributed by atoms with Crippen molar-refractivity contribution < 1.29 is 9.59 Å². The summed E-state index contributed by atoms with van der Waals surface area (Å²) in [4.78, 5) is 24.1. The molecule has 0 heterocycles. The molecular weight excluding hydrogens is 350 g/mol. The van der Waals surface area contributed by atoms with E-state index in [4.69, 9.17) is 0 Å². The van der Waals surface area contributed by atoms with Gasteiger partial charge in [0.2, 0.25) is 0 Å². The van der Waals surface area contributed by atoms with Gasteiger partial charge >= 0.3 is 0 Å². The lowest BCUT2D eigenvalue weighted by atomic mass is 9.85. The van der Waals surface area contributed by atoms with Crippen molar-refractivity contribution in [1.82, 2.24) is 16.2 Å². The van der Waals surface area contributed by atoms with Gasteiger partial charge in [0.05, 0.1) is 6.54 Å². The Morgan fingerprint density at radius 2 is 1.50 bits per heavy atom. The number of carbonyl (C=O) groups is 2. The number of carbonyl (C=O) groups excluding carboxylic acids is 2. The predicted octanol–water partition coefficient (Wildman–Crippen LogP) is 3.73. The molecular formula is C23H31N3O2. The van der Waals surface area contributed by atoms with Crippen LogP contribution in [-0.2, 0) is 10.2 Å². The van der Waals surface area contributed by atoms with Gasteiger partial charge in [-0.1, -0.05) is 77.1 Å². The zero-order valence-electron chi connectivity index (χ0n) is 17.4. The molecule has 0 aliphatic heterocycles. The molecule has 0 bridgehead atoms. The number of hydrogen-bond donors (Lipinski definition) is 3. The second-order valence-electron chi connectivity index (χ2n) is 8.34. The van der Waals surface area contributed by atoms with E-state index in [9.17, 15) is 9.59 Å². The summed E-state index contributed by atoms with van der Waals surface area (Å²) in [5.74, 6) is -0.319. The Bertz CT molecular complexity index is 778. The van der Waals surface area contributed by atoms with Crippen molar-refractivity contribution in [3.8, 4) is 0 Å². The molecule has 0 saturated heterocycles. The van der Waals surface area contributed by atoms with Crippen molar-refractivity contribution >= 4 is 11.8 Å². The van der Waals surface area contributed by atoms with Gasteiger partial charge in [0.25, 0.3) is 11.8 Å². The van der Waals surface area contributed by atoms with Gasteiger partial charge in [0, 0.05) is 11.6 Å². The van der Waals surface area contributed by atoms with Crippen molar-refractivity contribution in [3.05, 3.63) is 71.3 Å². The average Bonchev–Trinajstić information content (AvgIpc) is 2.66. The molecule has 0 aliphatic rings. The van der Waals surface area contributed by atoms with E-state index in [1.54, 1.807) is 24.3 Å². The molecule has 5 nitrogen and oxygen atoms in total. The van der Waals surface area contributed by atoms with Gasteiger partial charge in [0.1, 0.15) is 0 Å². The molecule has 0 spiro atoms. The topological polar surface area (TPSA) is 70.2 Å². The first kappa shape index (κ1) is 21.6. The van der Waals surface area contributed by atoms with Crippen LogP contribution in [0.2, 0.25) is 0 Å². The molecule has 0 aromatic heterocycles. The van der Waals surface area contributed by atoms with Crippen molar-refractivity contribution in [2.45, 2.75) is 46.1 Å². The molecule has 2 aromatic rings. The predicted molar refractivity (Wildman–Crippen MR) is 113 cm³/mol. The molecule has 0 radical (unpaired) electrons. The first-order chi connectivity index (χ1) is 13.2. The summed E-state index contributed by atoms with van der Waals surface area (Å²) < 4.78 is 0. The van der Waals surface area contributed by atoms with Crippen LogP contribution in [0.25, 0.3) is 0 Å². The summed E-state index contributed by atoms with van der Waals surface area (Å²) >= 11 is 0. The normalized spacial score (nSPS) is 12.5. The van der Waals surface area contributed by atoms with Gasteiger partial charge in [-0.25, -0.2) is 0 Å². The Balaban J connectivity index is 1.90. The monoisotopic (exact) mass is 381 g/mol. The second kappa shape index (κ2) is 9.51. The third kappa shape index (κ3) is 6.20. The summed E-state index contributed by atoms with van der Waals surface area (Å²) in [6.45, 7) is 10.9. The maximum atomic E-state index is 12.1. The summed E-state index contributed by atoms with van der Waals surface area (Å²) in [6.07, 6.45) is 0. The van der Waals surface area contributed by atoms with Crippen molar-refractivity contribution in [1.29, 1.82) is 0 Å². The highest BCUT2D eigenvalue weighted by Crippen LogP contribution is 2.26. The molecule has 0 unspecified atom stereocenters. The minimum absolute atomic E-state index is 0.0459. The van der Waals surface area contributed by atoms with E-state index < -0.39 is 0 Å². The lowest BCUT2D eigenvalue weighted by Crippen LogP contribution is -2.46. The van der Waals surface area contributed by atoms with Crippen LogP contribution in [0.1, 0.15) is 62.1 Å². The smallest absolute Gasteiger partial charge is 0.269 e. The molecule has 5 heteroatoms. The molecule has 2 aromatic carbocycles. The maximum absolute atomic E-state index is 12.1. The largest absolute Gasteiger partial charge is 0.301 e. The summed E-state index contributed by atoms with van der Waals surface area (Å²) in [5, 5.41) is 3.29. The minimum atomic E-state index is -0.341. The second-order valence-corrected chi connectivity index (χ2v) is 8.34. The van der Waals surface area contributed by atoms with Crippen LogP contribution in [0, 0.1) is 5.92 Å². The first-order valence-electron chi connectivity index (χ1n) is 9.66. The molecule has 28 heavy (non-hydrogen) atoms. The number of rotatable bonds is 6. The van der Waals surface area contributed by atoms with Crippen molar-refractivity contribution in [3.63, 3.8) is 0 Å². The molecule has 2 amide bonds. The zero-order valence-corrected chi connectivity index (χ0v) is 17.4. The molecule has 0 saturated carbocycles. The van der Waals surface area contributed by atoms with Gasteiger partial charge in [-0.05, 0) is 34.6 Å². The quantitative estimate of drug-likeness (QED) is 0.668. The van der Waals surface area contributed by atoms with Crippen LogP contribution >= 0.6 is 0 Å². The van der Waals surface area contributed by atoms with Crippen LogP contribution in [0.3, 0.4) is 0 Å². The van der Waals surface area contributed by atoms with E-state index in [0.29, 0.717) is 11.5 Å². The van der Waals surface area contributed by atoms with Crippen LogP contribution in [0.5, 0.6) is 0 Å². The van der Waals surface area contributed by atoms with Gasteiger partial charge in [-0.3, -0.25) is 20.4 Å². The van der Waals surface area contributed by atoms with Crippen LogP contribution in [0.4, 0.5) is 0 Å². The lowest BCUT2D eigenvalue weighted by Gasteiger charge is -2.25. The number of nitrogens with one attached hydrogen (secondary N) is 3. The van der Waals surface area contributed by atoms with Crippen LogP contribution in [0.15, 0.2) is 54.6 Å². The Labute approximate surface area is 167 Å². The molecule has 3 N–H and O–H groups in total. The van der Waals surface area contributed by atoms with Gasteiger partial charge in [-0.15, -0.1) is 0 Å². The third-order valence-corrected chi connectivity index (χ3v) is 4.64. The average molecular weight is 382 g/mol. The molecule has 2 rings (SSSR count). The Kier molecular flexibility index (Phi) is 7.35. The third-order valence-electron chi connectivity index (χ3n) is 4.64. The Morgan fingerprint density at radius 1 is 0.893 bits per heavy atom. The minimum Gasteiger partial charge on any atom is -0.301 e. The number of hydrogen-bond acceptors (Lipinski definition) is 3. The van der Waals surface area contributed by atoms with E-state index in [-0.39, 0.29) is 29.8 Å². The number of hydrazine groups is 1. The zero-order chi connectivity index (χ0) is 20.7. The van der Waals surface area contributed by atoms with Gasteiger partial charge < -0.3 is 5.32 Å². The van der Waals surface area contributed by atoms with Gasteiger partial charge in [0.15, 0.2) is 0 Å². The van der Waals surface area contributed by atoms with E-state index in [1.807, 2.05) is 6.07 Å². The number of amides is 2. The van der Waals surface area contributed by atoms with Crippen LogP contribution in [-0.4, -0.2) is 18.4 Å². The van der Waals surface area contributed by atoms with E-state index in [2.05, 4.69) is 75.1 Å². The fourth-order valence-electron chi connectivity index (χ4n) is 2.96. The Hall–Kier alpha value is -2.66. The summed E-state index contributed by atoms with van der Waals surface area (Å²) in [5.41, 5.74) is 7.91. The van der Waals surface area contributed by atoms with Crippen molar-refractivity contribution in [2.24, 2.45) is 5.92 Å². The summed E-state index contributed by atoms with van der Waals surface area (Å²) in [6, 6.07) is 17.3. The van der Waals surface area contributed by atoms with Gasteiger partial charge in [-0.2, -0.15) is 0 Å². The van der Waals surface area contributed by atoms with E-state index in [0.717, 1.165) is 5.56 Å². The highest BCUT2D eigenvalue weighted by Gasteiger charge is 2.19. The highest BCUT2D eigenvalue weighted by molar-refractivity contribution is 5.95. The fourth-order valence-corrected chi connectivity index (χ4v) is 2.96. The molecule has 0 aliphatic carbocycles. The molecule has 1 atom stereocenters. The number of benzene rings is 2. The molecule has 150 valence electrons. The Morgan fingerprint density at radius 3 is 2.04 bits per heavy atom. The fraction of sp³-hybridized carbons (Fsp3) is 0.391. The first-order valence-corrected chi connectivity index (χ1v) is 9.66. The highest BCUT2D eigenvalue weighted by atomic mass is 16.2. The standard InChI is InChI=1S/C23H31N3O2/c1-16(2)21(17-11-13-19(14-12-17)23(3,4)5)24-15-20(27)25-26-22(28)18-9-7-6-8-10-18/h6-14,16,21,24H,15H2,1-5H3,(H,25,27)(H,26,28)/t21-/m1/s1. The van der Waals surface area contributed by atoms with Crippen molar-refractivity contribution in [2.75, 3.05) is 6.54 Å². The molecule has 0 fully saturated rings.